The summed E-state index contributed by atoms with van der Waals surface area (Å²) in [5.41, 5.74) is 9.00. The minimum Gasteiger partial charge on any atom is -0.378 e. The van der Waals surface area contributed by atoms with Crippen LogP contribution in [0, 0.1) is 0 Å². The summed E-state index contributed by atoms with van der Waals surface area (Å²) in [6, 6.07) is 16.2. The number of primary amides is 1. The van der Waals surface area contributed by atoms with Gasteiger partial charge in [0.2, 0.25) is 11.8 Å². The minimum absolute atomic E-state index is 0.141. The van der Waals surface area contributed by atoms with Crippen LogP contribution in [0.5, 0.6) is 0 Å². The second-order valence-corrected chi connectivity index (χ2v) is 11.2. The lowest BCUT2D eigenvalue weighted by atomic mass is 9.94. The van der Waals surface area contributed by atoms with E-state index in [1.807, 2.05) is 50.3 Å². The average molecular weight is 613 g/mol. The van der Waals surface area contributed by atoms with Gasteiger partial charge in [-0.1, -0.05) is 65.3 Å². The number of carbonyl (C=O) groups is 2. The lowest BCUT2D eigenvalue weighted by Crippen LogP contribution is -2.35. The molecule has 2 aromatic carbocycles. The van der Waals surface area contributed by atoms with Crippen LogP contribution in [-0.2, 0) is 20.9 Å². The molecule has 8 nitrogen and oxygen atoms in total. The molecule has 2 amide bonds. The van der Waals surface area contributed by atoms with Gasteiger partial charge in [-0.25, -0.2) is 0 Å². The monoisotopic (exact) mass is 611 g/mol. The zero-order valence-corrected chi connectivity index (χ0v) is 25.1. The summed E-state index contributed by atoms with van der Waals surface area (Å²) >= 11 is 14.1. The van der Waals surface area contributed by atoms with Gasteiger partial charge in [0.1, 0.15) is 10.9 Å². The summed E-state index contributed by atoms with van der Waals surface area (Å²) in [7, 11) is 0. The summed E-state index contributed by atoms with van der Waals surface area (Å²) in [5, 5.41) is 12.9. The third-order valence-electron chi connectivity index (χ3n) is 6.55. The number of rotatable bonds is 10. The number of carbonyl (C=O) groups excluding carboxylic acids is 2. The normalized spacial score (nSPS) is 15.0. The molecule has 0 spiro atoms. The first-order valence-electron chi connectivity index (χ1n) is 13.1. The summed E-state index contributed by atoms with van der Waals surface area (Å²) in [6.07, 6.45) is 3.92. The molecule has 1 unspecified atom stereocenters. The first kappa shape index (κ1) is 30.6. The van der Waals surface area contributed by atoms with Crippen LogP contribution in [0.4, 0.5) is 0 Å². The van der Waals surface area contributed by atoms with Crippen molar-refractivity contribution in [3.8, 4) is 0 Å². The zero-order valence-electron chi connectivity index (χ0n) is 22.8. The predicted molar refractivity (Wildman–Crippen MR) is 162 cm³/mol. The molecule has 1 fully saturated rings. The number of halogens is 2. The van der Waals surface area contributed by atoms with E-state index in [4.69, 9.17) is 33.7 Å². The van der Waals surface area contributed by atoms with Gasteiger partial charge in [0.15, 0.2) is 0 Å². The maximum atomic E-state index is 12.9. The van der Waals surface area contributed by atoms with E-state index in [1.165, 1.54) is 11.8 Å². The van der Waals surface area contributed by atoms with Gasteiger partial charge in [-0.15, -0.1) is 5.10 Å². The Labute approximate surface area is 253 Å². The van der Waals surface area contributed by atoms with Crippen molar-refractivity contribution < 1.29 is 14.3 Å². The van der Waals surface area contributed by atoms with Crippen LogP contribution in [-0.4, -0.2) is 53.2 Å². The SMILES string of the molecule is C/C=C(\C=C(/C)C(=O)NCc1ccccc1Sc1ccc(C(C(N)=O)c2c(Cl)cccc2Cl)nn1)N1CCOCC1. The number of hydrogen-bond acceptors (Lipinski definition) is 7. The van der Waals surface area contributed by atoms with E-state index in [1.54, 1.807) is 30.3 Å². The standard InChI is InChI=1S/C30H31Cl2N5O3S/c1-3-21(37-13-15-40-16-14-37)17-19(2)30(39)34-18-20-7-4-5-10-25(20)41-26-12-11-24(35-36-26)28(29(33)38)27-22(31)8-6-9-23(27)32/h3-12,17,28H,13-16,18H2,1-2H3,(H2,33,38)(H,34,39)/b19-17+,21-3+. The van der Waals surface area contributed by atoms with E-state index < -0.39 is 11.8 Å². The van der Waals surface area contributed by atoms with Gasteiger partial charge in [-0.3, -0.25) is 9.59 Å². The number of nitrogens with two attached hydrogens (primary N) is 1. The number of hydrogen-bond donors (Lipinski definition) is 2. The Hall–Kier alpha value is -3.37. The lowest BCUT2D eigenvalue weighted by Gasteiger charge is -2.29. The minimum atomic E-state index is -0.937. The number of aromatic nitrogens is 2. The van der Waals surface area contributed by atoms with Gasteiger partial charge < -0.3 is 20.7 Å². The van der Waals surface area contributed by atoms with Gasteiger partial charge in [0.05, 0.1) is 18.9 Å². The van der Waals surface area contributed by atoms with Crippen molar-refractivity contribution in [2.45, 2.75) is 36.2 Å². The van der Waals surface area contributed by atoms with Gasteiger partial charge in [-0.2, -0.15) is 5.10 Å². The Morgan fingerprint density at radius 2 is 1.78 bits per heavy atom. The van der Waals surface area contributed by atoms with Gasteiger partial charge >= 0.3 is 0 Å². The van der Waals surface area contributed by atoms with Crippen molar-refractivity contribution in [2.75, 3.05) is 26.3 Å². The van der Waals surface area contributed by atoms with Crippen LogP contribution < -0.4 is 11.1 Å². The van der Waals surface area contributed by atoms with E-state index >= 15 is 0 Å². The molecule has 1 saturated heterocycles. The molecule has 3 N–H and O–H groups in total. The average Bonchev–Trinajstić information content (AvgIpc) is 2.98. The van der Waals surface area contributed by atoms with E-state index in [0.717, 1.165) is 29.2 Å². The van der Waals surface area contributed by atoms with Gasteiger partial charge in [0, 0.05) is 51.4 Å². The second kappa shape index (κ2) is 14.5. The number of amides is 2. The fourth-order valence-electron chi connectivity index (χ4n) is 4.40. The molecule has 0 radical (unpaired) electrons. The van der Waals surface area contributed by atoms with E-state index in [9.17, 15) is 9.59 Å². The molecule has 1 atom stereocenters. The predicted octanol–water partition coefficient (Wildman–Crippen LogP) is 5.35. The molecule has 2 heterocycles. The molecule has 4 rings (SSSR count). The van der Waals surface area contributed by atoms with E-state index in [0.29, 0.717) is 51.7 Å². The van der Waals surface area contributed by atoms with Crippen LogP contribution in [0.3, 0.4) is 0 Å². The van der Waals surface area contributed by atoms with Crippen molar-refractivity contribution in [3.05, 3.63) is 105 Å². The molecule has 41 heavy (non-hydrogen) atoms. The van der Waals surface area contributed by atoms with E-state index in [-0.39, 0.29) is 5.91 Å². The number of nitrogens with one attached hydrogen (secondary N) is 1. The first-order chi connectivity index (χ1) is 19.8. The maximum Gasteiger partial charge on any atom is 0.247 e. The topological polar surface area (TPSA) is 110 Å². The van der Waals surface area contributed by atoms with Crippen LogP contribution in [0.15, 0.2) is 87.9 Å². The van der Waals surface area contributed by atoms with Crippen molar-refractivity contribution >= 4 is 46.8 Å². The molecule has 11 heteroatoms. The highest BCUT2D eigenvalue weighted by atomic mass is 35.5. The summed E-state index contributed by atoms with van der Waals surface area (Å²) < 4.78 is 5.43. The number of nitrogens with zero attached hydrogens (tertiary/aromatic N) is 3. The molecule has 0 aliphatic carbocycles. The van der Waals surface area contributed by atoms with Crippen LogP contribution in [0.25, 0.3) is 0 Å². The fraction of sp³-hybridized carbons (Fsp3) is 0.267. The maximum absolute atomic E-state index is 12.9. The third kappa shape index (κ3) is 7.89. The van der Waals surface area contributed by atoms with Gasteiger partial charge in [0.25, 0.3) is 0 Å². The van der Waals surface area contributed by atoms with Crippen molar-refractivity contribution in [1.29, 1.82) is 0 Å². The Balaban J connectivity index is 1.44. The van der Waals surface area contributed by atoms with Crippen molar-refractivity contribution in [3.63, 3.8) is 0 Å². The van der Waals surface area contributed by atoms with Crippen LogP contribution >= 0.6 is 35.0 Å². The number of benzene rings is 2. The third-order valence-corrected chi connectivity index (χ3v) is 8.25. The van der Waals surface area contributed by atoms with Crippen LogP contribution in [0.2, 0.25) is 10.0 Å². The highest BCUT2D eigenvalue weighted by Gasteiger charge is 2.27. The summed E-state index contributed by atoms with van der Waals surface area (Å²) in [6.45, 7) is 7.09. The lowest BCUT2D eigenvalue weighted by molar-refractivity contribution is -0.119. The van der Waals surface area contributed by atoms with Crippen molar-refractivity contribution in [2.24, 2.45) is 5.73 Å². The van der Waals surface area contributed by atoms with E-state index in [2.05, 4.69) is 20.4 Å². The Kier molecular flexibility index (Phi) is 10.8. The molecule has 1 aromatic heterocycles. The molecule has 3 aromatic rings. The Morgan fingerprint density at radius 3 is 2.41 bits per heavy atom. The number of morpholine rings is 1. The van der Waals surface area contributed by atoms with Crippen molar-refractivity contribution in [1.82, 2.24) is 20.4 Å². The molecule has 1 aliphatic heterocycles. The molecular weight excluding hydrogens is 581 g/mol. The molecule has 214 valence electrons. The quantitative estimate of drug-likeness (QED) is 0.235. The molecule has 0 bridgehead atoms. The summed E-state index contributed by atoms with van der Waals surface area (Å²) in [5.74, 6) is -1.71. The molecule has 0 saturated carbocycles. The number of ether oxygens (including phenoxy) is 1. The fourth-order valence-corrected chi connectivity index (χ4v) is 5.88. The number of allylic oxidation sites excluding steroid dienone is 2. The Morgan fingerprint density at radius 1 is 1.07 bits per heavy atom. The van der Waals surface area contributed by atoms with Gasteiger partial charge in [-0.05, 0) is 55.8 Å². The largest absolute Gasteiger partial charge is 0.378 e. The first-order valence-corrected chi connectivity index (χ1v) is 14.6. The smallest absolute Gasteiger partial charge is 0.247 e. The molecular formula is C30H31Cl2N5O3S. The highest BCUT2D eigenvalue weighted by Crippen LogP contribution is 2.35. The van der Waals surface area contributed by atoms with Crippen LogP contribution in [0.1, 0.15) is 36.6 Å². The highest BCUT2D eigenvalue weighted by molar-refractivity contribution is 7.99. The Bertz CT molecular complexity index is 1440. The molecule has 1 aliphatic rings. The second-order valence-electron chi connectivity index (χ2n) is 9.30. The zero-order chi connectivity index (χ0) is 29.4. The summed E-state index contributed by atoms with van der Waals surface area (Å²) in [4.78, 5) is 28.4.